The molecule has 6 heteroatoms. The van der Waals surface area contributed by atoms with Crippen LogP contribution in [-0.2, 0) is 23.9 Å². The Balaban J connectivity index is 3.90. The van der Waals surface area contributed by atoms with Gasteiger partial charge in [0.15, 0.2) is 0 Å². The molecule has 142 valence electrons. The minimum absolute atomic E-state index is 0.132. The number of hydrogen-bond donors (Lipinski definition) is 1. The molecule has 0 aliphatic rings. The highest BCUT2D eigenvalue weighted by molar-refractivity contribution is 5.83. The molecule has 0 aromatic carbocycles. The van der Waals surface area contributed by atoms with E-state index in [0.717, 1.165) is 44.1 Å². The van der Waals surface area contributed by atoms with Gasteiger partial charge in [-0.15, -0.1) is 0 Å². The zero-order chi connectivity index (χ0) is 18.9. The van der Waals surface area contributed by atoms with E-state index < -0.39 is 5.97 Å². The zero-order valence-corrected chi connectivity index (χ0v) is 15.6. The summed E-state index contributed by atoms with van der Waals surface area (Å²) in [7, 11) is 2.74. The molecule has 0 aliphatic heterocycles. The molecule has 0 aromatic heterocycles. The number of unbranched alkanes of at least 4 members (excludes halogenated alkanes) is 5. The Morgan fingerprint density at radius 1 is 0.920 bits per heavy atom. The third-order valence-electron chi connectivity index (χ3n) is 3.61. The summed E-state index contributed by atoms with van der Waals surface area (Å²) in [5, 5.41) is 2.69. The van der Waals surface area contributed by atoms with E-state index in [1.807, 2.05) is 6.08 Å². The summed E-state index contributed by atoms with van der Waals surface area (Å²) in [6.45, 7) is 1.78. The standard InChI is InChI=1S/C19H31NO5/c1-16(21)20-15-17(14-19(23)25-3)12-10-8-6-4-5-7-9-11-13-18(22)24-2/h8,10,14H,4-7,9,11-13,15H2,1-3H3,(H,20,21)/b10-8+,17-14+. The molecule has 0 saturated heterocycles. The number of carbonyl (C=O) groups excluding carboxylic acids is 3. The SMILES string of the molecule is COC(=O)/C=C(\C/C=C/CCCCCCCC(=O)OC)CNC(C)=O. The number of rotatable bonds is 13. The van der Waals surface area contributed by atoms with E-state index in [-0.39, 0.29) is 11.9 Å². The molecule has 6 nitrogen and oxygen atoms in total. The van der Waals surface area contributed by atoms with Crippen LogP contribution < -0.4 is 5.32 Å². The van der Waals surface area contributed by atoms with Crippen molar-refractivity contribution in [2.45, 2.75) is 58.3 Å². The number of methoxy groups -OCH3 is 2. The molecular formula is C19H31NO5. The zero-order valence-electron chi connectivity index (χ0n) is 15.6. The van der Waals surface area contributed by atoms with Crippen molar-refractivity contribution in [2.24, 2.45) is 0 Å². The maximum atomic E-state index is 11.3. The average molecular weight is 353 g/mol. The van der Waals surface area contributed by atoms with Crippen LogP contribution in [0.4, 0.5) is 0 Å². The van der Waals surface area contributed by atoms with Crippen molar-refractivity contribution in [1.82, 2.24) is 5.32 Å². The van der Waals surface area contributed by atoms with Crippen molar-refractivity contribution in [3.8, 4) is 0 Å². The van der Waals surface area contributed by atoms with E-state index in [1.165, 1.54) is 27.2 Å². The Bertz CT molecular complexity index is 468. The van der Waals surface area contributed by atoms with Gasteiger partial charge in [0.2, 0.25) is 5.91 Å². The van der Waals surface area contributed by atoms with Gasteiger partial charge >= 0.3 is 11.9 Å². The minimum Gasteiger partial charge on any atom is -0.469 e. The van der Waals surface area contributed by atoms with Gasteiger partial charge in [-0.2, -0.15) is 0 Å². The average Bonchev–Trinajstić information content (AvgIpc) is 2.60. The molecule has 0 aromatic rings. The van der Waals surface area contributed by atoms with E-state index in [2.05, 4.69) is 20.9 Å². The second-order valence-electron chi connectivity index (χ2n) is 5.79. The third kappa shape index (κ3) is 15.2. The smallest absolute Gasteiger partial charge is 0.330 e. The first kappa shape index (κ1) is 22.9. The molecule has 0 rings (SSSR count). The molecule has 0 atom stereocenters. The van der Waals surface area contributed by atoms with Crippen LogP contribution in [0.25, 0.3) is 0 Å². The summed E-state index contributed by atoms with van der Waals surface area (Å²) in [6, 6.07) is 0. The Kier molecular flexibility index (Phi) is 14.1. The summed E-state index contributed by atoms with van der Waals surface area (Å²) in [6.07, 6.45) is 12.9. The fourth-order valence-corrected chi connectivity index (χ4v) is 2.16. The molecule has 0 saturated carbocycles. The van der Waals surface area contributed by atoms with Gasteiger partial charge in [0.1, 0.15) is 0 Å². The van der Waals surface area contributed by atoms with Gasteiger partial charge in [-0.05, 0) is 31.3 Å². The van der Waals surface area contributed by atoms with Gasteiger partial charge in [0.25, 0.3) is 0 Å². The van der Waals surface area contributed by atoms with E-state index in [1.54, 1.807) is 0 Å². The summed E-state index contributed by atoms with van der Waals surface area (Å²) in [4.78, 5) is 33.3. The van der Waals surface area contributed by atoms with Crippen molar-refractivity contribution in [3.05, 3.63) is 23.8 Å². The lowest BCUT2D eigenvalue weighted by atomic mass is 10.1. The van der Waals surface area contributed by atoms with E-state index in [9.17, 15) is 14.4 Å². The van der Waals surface area contributed by atoms with Crippen LogP contribution in [0.5, 0.6) is 0 Å². The van der Waals surface area contributed by atoms with Gasteiger partial charge in [0, 0.05) is 26.0 Å². The minimum atomic E-state index is -0.416. The van der Waals surface area contributed by atoms with Crippen molar-refractivity contribution < 1.29 is 23.9 Å². The highest BCUT2D eigenvalue weighted by Crippen LogP contribution is 2.09. The van der Waals surface area contributed by atoms with E-state index in [4.69, 9.17) is 0 Å². The summed E-state index contributed by atoms with van der Waals surface area (Å²) in [5.74, 6) is -0.689. The predicted molar refractivity (Wildman–Crippen MR) is 96.9 cm³/mol. The number of esters is 2. The van der Waals surface area contributed by atoms with Crippen LogP contribution in [-0.4, -0.2) is 38.6 Å². The molecule has 0 bridgehead atoms. The molecule has 25 heavy (non-hydrogen) atoms. The number of hydrogen-bond acceptors (Lipinski definition) is 5. The lowest BCUT2D eigenvalue weighted by Crippen LogP contribution is -2.22. The first-order valence-electron chi connectivity index (χ1n) is 8.73. The second-order valence-corrected chi connectivity index (χ2v) is 5.79. The van der Waals surface area contributed by atoms with Crippen molar-refractivity contribution >= 4 is 17.8 Å². The quantitative estimate of drug-likeness (QED) is 0.238. The Hall–Kier alpha value is -2.11. The number of allylic oxidation sites excluding steroid dienone is 2. The van der Waals surface area contributed by atoms with E-state index >= 15 is 0 Å². The van der Waals surface area contributed by atoms with E-state index in [0.29, 0.717) is 19.4 Å². The van der Waals surface area contributed by atoms with Gasteiger partial charge in [0.05, 0.1) is 14.2 Å². The summed E-state index contributed by atoms with van der Waals surface area (Å²) < 4.78 is 9.22. The van der Waals surface area contributed by atoms with Crippen molar-refractivity contribution in [2.75, 3.05) is 20.8 Å². The second kappa shape index (κ2) is 15.4. The number of nitrogens with one attached hydrogen (secondary N) is 1. The first-order chi connectivity index (χ1) is 12.0. The molecule has 0 aliphatic carbocycles. The first-order valence-corrected chi connectivity index (χ1v) is 8.73. The van der Waals surface area contributed by atoms with Crippen LogP contribution >= 0.6 is 0 Å². The fraction of sp³-hybridized carbons (Fsp3) is 0.632. The summed E-state index contributed by atoms with van der Waals surface area (Å²) >= 11 is 0. The molecule has 0 radical (unpaired) electrons. The predicted octanol–water partition coefficient (Wildman–Crippen LogP) is 3.07. The van der Waals surface area contributed by atoms with Gasteiger partial charge in [-0.1, -0.05) is 31.4 Å². The molecule has 0 spiro atoms. The molecule has 1 amide bonds. The molecule has 0 fully saturated rings. The fourth-order valence-electron chi connectivity index (χ4n) is 2.16. The van der Waals surface area contributed by atoms with Crippen LogP contribution in [0, 0.1) is 0 Å². The monoisotopic (exact) mass is 353 g/mol. The van der Waals surface area contributed by atoms with Crippen LogP contribution in [0.15, 0.2) is 23.8 Å². The van der Waals surface area contributed by atoms with Gasteiger partial charge in [-0.3, -0.25) is 9.59 Å². The molecular weight excluding hydrogens is 322 g/mol. The van der Waals surface area contributed by atoms with Crippen LogP contribution in [0.3, 0.4) is 0 Å². The number of carbonyl (C=O) groups is 3. The lowest BCUT2D eigenvalue weighted by Gasteiger charge is -2.05. The van der Waals surface area contributed by atoms with Crippen molar-refractivity contribution in [3.63, 3.8) is 0 Å². The third-order valence-corrected chi connectivity index (χ3v) is 3.61. The lowest BCUT2D eigenvalue weighted by molar-refractivity contribution is -0.140. The highest BCUT2D eigenvalue weighted by atomic mass is 16.5. The Morgan fingerprint density at radius 2 is 1.60 bits per heavy atom. The largest absolute Gasteiger partial charge is 0.469 e. The Labute approximate surface area is 150 Å². The maximum absolute atomic E-state index is 11.3. The van der Waals surface area contributed by atoms with Crippen molar-refractivity contribution in [1.29, 1.82) is 0 Å². The normalized spacial score (nSPS) is 11.4. The topological polar surface area (TPSA) is 81.7 Å². The molecule has 1 N–H and O–H groups in total. The summed E-state index contributed by atoms with van der Waals surface area (Å²) in [5.41, 5.74) is 0.807. The van der Waals surface area contributed by atoms with Gasteiger partial charge < -0.3 is 14.8 Å². The van der Waals surface area contributed by atoms with Gasteiger partial charge in [-0.25, -0.2) is 4.79 Å². The number of amides is 1. The van der Waals surface area contributed by atoms with Crippen LogP contribution in [0.2, 0.25) is 0 Å². The Morgan fingerprint density at radius 3 is 2.24 bits per heavy atom. The molecule has 0 unspecified atom stereocenters. The highest BCUT2D eigenvalue weighted by Gasteiger charge is 2.02. The van der Waals surface area contributed by atoms with Crippen LogP contribution in [0.1, 0.15) is 58.3 Å². The molecule has 0 heterocycles. The maximum Gasteiger partial charge on any atom is 0.330 e. The number of ether oxygens (including phenoxy) is 2.